The summed E-state index contributed by atoms with van der Waals surface area (Å²) in [5, 5.41) is 9.12. The summed E-state index contributed by atoms with van der Waals surface area (Å²) in [5.74, 6) is 0.568. The molecule has 1 aliphatic heterocycles. The molecule has 17 heavy (non-hydrogen) atoms. The lowest BCUT2D eigenvalue weighted by atomic mass is 10.0. The first kappa shape index (κ1) is 12.4. The van der Waals surface area contributed by atoms with Crippen LogP contribution < -0.4 is 4.90 Å². The van der Waals surface area contributed by atoms with Crippen LogP contribution in [0.5, 0.6) is 0 Å². The van der Waals surface area contributed by atoms with Gasteiger partial charge in [0.2, 0.25) is 0 Å². The Morgan fingerprint density at radius 2 is 2.06 bits per heavy atom. The minimum Gasteiger partial charge on any atom is -0.394 e. The van der Waals surface area contributed by atoms with E-state index in [0.717, 1.165) is 13.1 Å². The molecule has 0 saturated carbocycles. The average Bonchev–Trinajstić information content (AvgIpc) is 2.39. The summed E-state index contributed by atoms with van der Waals surface area (Å²) in [6.45, 7) is 6.86. The normalized spacial score (nSPS) is 20.9. The molecule has 0 aliphatic carbocycles. The van der Waals surface area contributed by atoms with Crippen LogP contribution in [0.1, 0.15) is 25.3 Å². The third-order valence-corrected chi connectivity index (χ3v) is 3.27. The standard InChI is InChI=1S/C14H21NO2/c1-11(2)12-3-5-13(6-4-12)15-7-8-17-14(9-15)10-16/h3-6,11,14,16H,7-10H2,1-2H3/t14-/m1/s1. The second kappa shape index (κ2) is 5.52. The van der Waals surface area contributed by atoms with E-state index in [1.54, 1.807) is 0 Å². The third kappa shape index (κ3) is 2.99. The Morgan fingerprint density at radius 1 is 1.35 bits per heavy atom. The molecule has 3 heteroatoms. The van der Waals surface area contributed by atoms with Crippen LogP contribution in [-0.2, 0) is 4.74 Å². The van der Waals surface area contributed by atoms with Gasteiger partial charge in [-0.25, -0.2) is 0 Å². The van der Waals surface area contributed by atoms with Crippen molar-refractivity contribution in [2.24, 2.45) is 0 Å². The predicted octanol–water partition coefficient (Wildman–Crippen LogP) is 2.01. The highest BCUT2D eigenvalue weighted by atomic mass is 16.5. The maximum absolute atomic E-state index is 9.12. The zero-order chi connectivity index (χ0) is 12.3. The van der Waals surface area contributed by atoms with Crippen molar-refractivity contribution in [3.63, 3.8) is 0 Å². The molecule has 0 radical (unpaired) electrons. The number of aliphatic hydroxyl groups excluding tert-OH is 1. The average molecular weight is 235 g/mol. The summed E-state index contributed by atoms with van der Waals surface area (Å²) in [6.07, 6.45) is -0.0477. The predicted molar refractivity (Wildman–Crippen MR) is 69.6 cm³/mol. The number of aliphatic hydroxyl groups is 1. The van der Waals surface area contributed by atoms with E-state index >= 15 is 0 Å². The molecule has 1 atom stereocenters. The summed E-state index contributed by atoms with van der Waals surface area (Å²) >= 11 is 0. The van der Waals surface area contributed by atoms with Gasteiger partial charge in [0.05, 0.1) is 19.3 Å². The quantitative estimate of drug-likeness (QED) is 0.870. The molecule has 94 valence electrons. The monoisotopic (exact) mass is 235 g/mol. The second-order valence-electron chi connectivity index (χ2n) is 4.87. The first-order valence-corrected chi connectivity index (χ1v) is 6.28. The molecule has 0 spiro atoms. The fourth-order valence-electron chi connectivity index (χ4n) is 2.13. The Bertz CT molecular complexity index is 348. The Kier molecular flexibility index (Phi) is 4.02. The van der Waals surface area contributed by atoms with Gasteiger partial charge in [-0.3, -0.25) is 0 Å². The summed E-state index contributed by atoms with van der Waals surface area (Å²) in [7, 11) is 0. The van der Waals surface area contributed by atoms with Crippen LogP contribution >= 0.6 is 0 Å². The summed E-state index contributed by atoms with van der Waals surface area (Å²) in [6, 6.07) is 8.69. The third-order valence-electron chi connectivity index (χ3n) is 3.27. The lowest BCUT2D eigenvalue weighted by molar-refractivity contribution is 0.00357. The van der Waals surface area contributed by atoms with Crippen molar-refractivity contribution in [3.8, 4) is 0 Å². The van der Waals surface area contributed by atoms with E-state index < -0.39 is 0 Å². The van der Waals surface area contributed by atoms with E-state index in [1.165, 1.54) is 11.3 Å². The highest BCUT2D eigenvalue weighted by molar-refractivity contribution is 5.48. The van der Waals surface area contributed by atoms with Gasteiger partial charge < -0.3 is 14.7 Å². The van der Waals surface area contributed by atoms with Crippen LogP contribution in [0, 0.1) is 0 Å². The van der Waals surface area contributed by atoms with Gasteiger partial charge in [-0.15, -0.1) is 0 Å². The maximum atomic E-state index is 9.12. The lowest BCUT2D eigenvalue weighted by Gasteiger charge is -2.33. The van der Waals surface area contributed by atoms with Crippen LogP contribution in [0.15, 0.2) is 24.3 Å². The Balaban J connectivity index is 2.06. The van der Waals surface area contributed by atoms with Crippen LogP contribution in [0.3, 0.4) is 0 Å². The number of morpholine rings is 1. The molecule has 0 aromatic heterocycles. The van der Waals surface area contributed by atoms with Gasteiger partial charge in [0.25, 0.3) is 0 Å². The first-order valence-electron chi connectivity index (χ1n) is 6.28. The van der Waals surface area contributed by atoms with E-state index in [4.69, 9.17) is 9.84 Å². The molecule has 1 heterocycles. The number of benzene rings is 1. The highest BCUT2D eigenvalue weighted by Crippen LogP contribution is 2.21. The Labute approximate surface area is 103 Å². The largest absolute Gasteiger partial charge is 0.394 e. The molecular weight excluding hydrogens is 214 g/mol. The van der Waals surface area contributed by atoms with Gasteiger partial charge in [0.1, 0.15) is 0 Å². The van der Waals surface area contributed by atoms with Crippen molar-refractivity contribution in [2.75, 3.05) is 31.2 Å². The minimum atomic E-state index is -0.0477. The van der Waals surface area contributed by atoms with E-state index in [2.05, 4.69) is 43.0 Å². The molecule has 1 fully saturated rings. The van der Waals surface area contributed by atoms with Crippen molar-refractivity contribution in [1.82, 2.24) is 0 Å². The topological polar surface area (TPSA) is 32.7 Å². The SMILES string of the molecule is CC(C)c1ccc(N2CCO[C@@H](CO)C2)cc1. The van der Waals surface area contributed by atoms with Gasteiger partial charge in [-0.2, -0.15) is 0 Å². The van der Waals surface area contributed by atoms with Gasteiger partial charge in [-0.1, -0.05) is 26.0 Å². The minimum absolute atomic E-state index is 0.0477. The molecule has 1 aliphatic rings. The van der Waals surface area contributed by atoms with Crippen molar-refractivity contribution >= 4 is 5.69 Å². The number of anilines is 1. The Hall–Kier alpha value is -1.06. The molecule has 3 nitrogen and oxygen atoms in total. The smallest absolute Gasteiger partial charge is 0.0980 e. The summed E-state index contributed by atoms with van der Waals surface area (Å²) in [4.78, 5) is 2.27. The van der Waals surface area contributed by atoms with Crippen molar-refractivity contribution in [1.29, 1.82) is 0 Å². The zero-order valence-corrected chi connectivity index (χ0v) is 10.6. The summed E-state index contributed by atoms with van der Waals surface area (Å²) < 4.78 is 5.45. The molecule has 0 bridgehead atoms. The number of rotatable bonds is 3. The fraction of sp³-hybridized carbons (Fsp3) is 0.571. The first-order chi connectivity index (χ1) is 8.20. The molecule has 1 aromatic rings. The van der Waals surface area contributed by atoms with E-state index in [9.17, 15) is 0 Å². The molecule has 0 unspecified atom stereocenters. The number of nitrogens with zero attached hydrogens (tertiary/aromatic N) is 1. The summed E-state index contributed by atoms with van der Waals surface area (Å²) in [5.41, 5.74) is 2.58. The van der Waals surface area contributed by atoms with Crippen LogP contribution in [0.25, 0.3) is 0 Å². The molecule has 0 amide bonds. The molecule has 1 saturated heterocycles. The van der Waals surface area contributed by atoms with Crippen molar-refractivity contribution < 1.29 is 9.84 Å². The van der Waals surface area contributed by atoms with Crippen LogP contribution in [0.4, 0.5) is 5.69 Å². The van der Waals surface area contributed by atoms with Gasteiger partial charge in [0, 0.05) is 18.8 Å². The van der Waals surface area contributed by atoms with Crippen LogP contribution in [0.2, 0.25) is 0 Å². The Morgan fingerprint density at radius 3 is 2.65 bits per heavy atom. The van der Waals surface area contributed by atoms with E-state index in [-0.39, 0.29) is 12.7 Å². The van der Waals surface area contributed by atoms with Gasteiger partial charge in [-0.05, 0) is 23.6 Å². The highest BCUT2D eigenvalue weighted by Gasteiger charge is 2.19. The van der Waals surface area contributed by atoms with E-state index in [0.29, 0.717) is 12.5 Å². The van der Waals surface area contributed by atoms with Gasteiger partial charge >= 0.3 is 0 Å². The molecule has 1 aromatic carbocycles. The van der Waals surface area contributed by atoms with Crippen molar-refractivity contribution in [2.45, 2.75) is 25.9 Å². The van der Waals surface area contributed by atoms with Gasteiger partial charge in [0.15, 0.2) is 0 Å². The van der Waals surface area contributed by atoms with E-state index in [1.807, 2.05) is 0 Å². The fourth-order valence-corrected chi connectivity index (χ4v) is 2.13. The number of ether oxygens (including phenoxy) is 1. The maximum Gasteiger partial charge on any atom is 0.0980 e. The molecular formula is C14H21NO2. The van der Waals surface area contributed by atoms with Crippen molar-refractivity contribution in [3.05, 3.63) is 29.8 Å². The second-order valence-corrected chi connectivity index (χ2v) is 4.87. The molecule has 2 rings (SSSR count). The number of hydrogen-bond acceptors (Lipinski definition) is 3. The number of hydrogen-bond donors (Lipinski definition) is 1. The zero-order valence-electron chi connectivity index (χ0n) is 10.6. The van der Waals surface area contributed by atoms with Crippen LogP contribution in [-0.4, -0.2) is 37.5 Å². The lowest BCUT2D eigenvalue weighted by Crippen LogP contribution is -2.44. The molecule has 1 N–H and O–H groups in total.